The van der Waals surface area contributed by atoms with E-state index in [1.165, 1.54) is 18.9 Å². The van der Waals surface area contributed by atoms with Gasteiger partial charge in [0.1, 0.15) is 5.84 Å². The Morgan fingerprint density at radius 1 is 1.91 bits per heavy atom. The van der Waals surface area contributed by atoms with E-state index < -0.39 is 6.09 Å². The molecular weight excluding hydrogens is 166 g/mol. The Balaban J connectivity index is 2.62. The predicted octanol–water partition coefficient (Wildman–Crippen LogP) is 0.213. The van der Waals surface area contributed by atoms with E-state index in [2.05, 4.69) is 14.7 Å². The molecule has 0 saturated heterocycles. The van der Waals surface area contributed by atoms with Crippen LogP contribution in [0, 0.1) is 0 Å². The second-order valence-corrected chi connectivity index (χ2v) is 2.73. The van der Waals surface area contributed by atoms with Gasteiger partial charge in [-0.3, -0.25) is 0 Å². The molecule has 1 rings (SSSR count). The van der Waals surface area contributed by atoms with Gasteiger partial charge in [0.2, 0.25) is 0 Å². The number of carbonyl (C=O) groups is 1. The van der Waals surface area contributed by atoms with Crippen LogP contribution in [0.15, 0.2) is 9.98 Å². The van der Waals surface area contributed by atoms with Crippen LogP contribution in [-0.2, 0) is 4.74 Å². The van der Waals surface area contributed by atoms with E-state index in [0.717, 1.165) is 0 Å². The molecule has 6 heteroatoms. The molecule has 60 valence electrons. The van der Waals surface area contributed by atoms with Crippen LogP contribution in [0.3, 0.4) is 0 Å². The fraction of sp³-hybridized carbons (Fsp3) is 0.400. The van der Waals surface area contributed by atoms with Crippen molar-refractivity contribution in [3.05, 3.63) is 0 Å². The first-order chi connectivity index (χ1) is 5.22. The lowest BCUT2D eigenvalue weighted by Crippen LogP contribution is -2.02. The molecule has 0 bridgehead atoms. The molecule has 11 heavy (non-hydrogen) atoms. The number of nitrogens with two attached hydrogens (primary N) is 1. The van der Waals surface area contributed by atoms with E-state index in [1.54, 1.807) is 0 Å². The molecule has 0 aromatic heterocycles. The molecule has 0 spiro atoms. The third kappa shape index (κ3) is 2.23. The minimum Gasteiger partial charge on any atom is -0.451 e. The van der Waals surface area contributed by atoms with Gasteiger partial charge in [0.25, 0.3) is 0 Å². The summed E-state index contributed by atoms with van der Waals surface area (Å²) in [6, 6.07) is 0. The van der Waals surface area contributed by atoms with Crippen LogP contribution in [0.1, 0.15) is 0 Å². The zero-order valence-corrected chi connectivity index (χ0v) is 6.72. The summed E-state index contributed by atoms with van der Waals surface area (Å²) in [5, 5.41) is 0.438. The number of thioether (sulfide) groups is 1. The van der Waals surface area contributed by atoms with Crippen LogP contribution in [0.2, 0.25) is 0 Å². The lowest BCUT2D eigenvalue weighted by molar-refractivity contribution is 0.182. The summed E-state index contributed by atoms with van der Waals surface area (Å²) < 4.78 is 4.30. The van der Waals surface area contributed by atoms with Crippen molar-refractivity contribution >= 4 is 28.9 Å². The minimum absolute atomic E-state index is 0.416. The van der Waals surface area contributed by atoms with Gasteiger partial charge in [0, 0.05) is 0 Å². The van der Waals surface area contributed by atoms with Gasteiger partial charge in [-0.25, -0.2) is 9.79 Å². The predicted molar refractivity (Wildman–Crippen MR) is 43.9 cm³/mol. The van der Waals surface area contributed by atoms with Crippen molar-refractivity contribution < 1.29 is 9.53 Å². The minimum atomic E-state index is -0.640. The third-order valence-corrected chi connectivity index (χ3v) is 1.77. The maximum absolute atomic E-state index is 10.5. The number of methoxy groups -OCH3 is 1. The molecule has 0 aliphatic carbocycles. The van der Waals surface area contributed by atoms with Crippen LogP contribution in [0.25, 0.3) is 0 Å². The van der Waals surface area contributed by atoms with E-state index in [-0.39, 0.29) is 0 Å². The second-order valence-electron chi connectivity index (χ2n) is 1.74. The number of nitrogens with zero attached hydrogens (tertiary/aromatic N) is 2. The summed E-state index contributed by atoms with van der Waals surface area (Å²) in [7, 11) is 1.27. The van der Waals surface area contributed by atoms with Crippen LogP contribution >= 0.6 is 11.8 Å². The lowest BCUT2D eigenvalue weighted by atomic mass is 10.7. The van der Waals surface area contributed by atoms with Crippen molar-refractivity contribution in [2.24, 2.45) is 15.7 Å². The normalized spacial score (nSPS) is 20.1. The van der Waals surface area contributed by atoms with Gasteiger partial charge >= 0.3 is 6.09 Å². The van der Waals surface area contributed by atoms with E-state index in [1.807, 2.05) is 0 Å². The molecule has 1 aliphatic rings. The van der Waals surface area contributed by atoms with E-state index >= 15 is 0 Å². The average Bonchev–Trinajstić information content (AvgIpc) is 2.35. The SMILES string of the molecule is COC(=O)N=C1CSC(N)=N1. The van der Waals surface area contributed by atoms with Crippen molar-refractivity contribution in [1.29, 1.82) is 0 Å². The second kappa shape index (κ2) is 3.38. The zero-order valence-electron chi connectivity index (χ0n) is 5.90. The summed E-state index contributed by atoms with van der Waals surface area (Å²) in [6.45, 7) is 0. The Bertz CT molecular complexity index is 236. The standard InChI is InChI=1S/C5H7N3O2S/c1-10-5(9)8-3-2-11-4(6)7-3/h2H2,1H3,(H2,6,7,8,9). The fourth-order valence-electron chi connectivity index (χ4n) is 0.539. The number of hydrogen-bond acceptors (Lipinski definition) is 4. The van der Waals surface area contributed by atoms with Crippen molar-refractivity contribution in [3.63, 3.8) is 0 Å². The number of hydrogen-bond donors (Lipinski definition) is 1. The summed E-state index contributed by atoms with van der Waals surface area (Å²) in [4.78, 5) is 17.8. The van der Waals surface area contributed by atoms with Gasteiger partial charge in [-0.1, -0.05) is 11.8 Å². The van der Waals surface area contributed by atoms with Gasteiger partial charge in [0.05, 0.1) is 12.9 Å². The molecule has 1 aliphatic heterocycles. The first-order valence-electron chi connectivity index (χ1n) is 2.85. The van der Waals surface area contributed by atoms with Gasteiger partial charge in [0.15, 0.2) is 5.17 Å². The summed E-state index contributed by atoms with van der Waals surface area (Å²) in [5.41, 5.74) is 5.32. The molecule has 2 N–H and O–H groups in total. The number of carbonyl (C=O) groups excluding carboxylic acids is 1. The molecule has 5 nitrogen and oxygen atoms in total. The zero-order chi connectivity index (χ0) is 8.27. The number of amidine groups is 2. The lowest BCUT2D eigenvalue weighted by Gasteiger charge is -1.89. The Morgan fingerprint density at radius 3 is 3.09 bits per heavy atom. The van der Waals surface area contributed by atoms with Gasteiger partial charge in [-0.2, -0.15) is 4.99 Å². The summed E-state index contributed by atoms with van der Waals surface area (Å²) in [5.74, 6) is 0.959. The molecule has 1 heterocycles. The highest BCUT2D eigenvalue weighted by Crippen LogP contribution is 2.10. The van der Waals surface area contributed by atoms with Crippen LogP contribution in [0.4, 0.5) is 4.79 Å². The van der Waals surface area contributed by atoms with Crippen LogP contribution < -0.4 is 5.73 Å². The first kappa shape index (κ1) is 8.06. The highest BCUT2D eigenvalue weighted by atomic mass is 32.2. The monoisotopic (exact) mass is 173 g/mol. The maximum Gasteiger partial charge on any atom is 0.435 e. The molecule has 1 amide bonds. The Labute approximate surface area is 67.7 Å². The number of amides is 1. The number of aliphatic imine (C=N–C) groups is 2. The van der Waals surface area contributed by atoms with Gasteiger partial charge in [-0.15, -0.1) is 0 Å². The van der Waals surface area contributed by atoms with Gasteiger partial charge < -0.3 is 10.5 Å². The number of rotatable bonds is 0. The summed E-state index contributed by atoms with van der Waals surface area (Å²) in [6.07, 6.45) is -0.640. The molecule has 0 fully saturated rings. The topological polar surface area (TPSA) is 77.0 Å². The van der Waals surface area contributed by atoms with Crippen molar-refractivity contribution in [3.8, 4) is 0 Å². The smallest absolute Gasteiger partial charge is 0.435 e. The Kier molecular flexibility index (Phi) is 2.48. The highest BCUT2D eigenvalue weighted by Gasteiger charge is 2.11. The molecule has 0 aromatic rings. The van der Waals surface area contributed by atoms with Crippen molar-refractivity contribution in [2.45, 2.75) is 0 Å². The molecule has 0 unspecified atom stereocenters. The van der Waals surface area contributed by atoms with Crippen molar-refractivity contribution in [1.82, 2.24) is 0 Å². The number of ether oxygens (including phenoxy) is 1. The van der Waals surface area contributed by atoms with Crippen LogP contribution in [-0.4, -0.2) is 30.0 Å². The first-order valence-corrected chi connectivity index (χ1v) is 3.83. The van der Waals surface area contributed by atoms with E-state index in [4.69, 9.17) is 5.73 Å². The van der Waals surface area contributed by atoms with Gasteiger partial charge in [-0.05, 0) is 0 Å². The van der Waals surface area contributed by atoms with Crippen molar-refractivity contribution in [2.75, 3.05) is 12.9 Å². The maximum atomic E-state index is 10.5. The molecular formula is C5H7N3O2S. The summed E-state index contributed by atoms with van der Waals surface area (Å²) >= 11 is 1.35. The van der Waals surface area contributed by atoms with Crippen LogP contribution in [0.5, 0.6) is 0 Å². The largest absolute Gasteiger partial charge is 0.451 e. The Morgan fingerprint density at radius 2 is 2.64 bits per heavy atom. The fourth-order valence-corrected chi connectivity index (χ4v) is 1.11. The molecule has 0 radical (unpaired) electrons. The van der Waals surface area contributed by atoms with E-state index in [0.29, 0.717) is 16.8 Å². The average molecular weight is 173 g/mol. The quantitative estimate of drug-likeness (QED) is 0.568. The van der Waals surface area contributed by atoms with E-state index in [9.17, 15) is 4.79 Å². The Hall–Kier alpha value is -1.04. The third-order valence-electron chi connectivity index (χ3n) is 0.983. The molecule has 0 saturated carbocycles. The highest BCUT2D eigenvalue weighted by molar-refractivity contribution is 8.14. The molecule has 0 aromatic carbocycles. The molecule has 0 atom stereocenters.